The van der Waals surface area contributed by atoms with Gasteiger partial charge in [0.2, 0.25) is 5.91 Å². The van der Waals surface area contributed by atoms with Crippen molar-refractivity contribution < 1.29 is 14.6 Å². The molecule has 0 spiro atoms. The monoisotopic (exact) mass is 365 g/mol. The van der Waals surface area contributed by atoms with Crippen LogP contribution in [0, 0.1) is 5.92 Å². The highest BCUT2D eigenvalue weighted by Crippen LogP contribution is 2.40. The first-order valence-electron chi connectivity index (χ1n) is 7.00. The average molecular weight is 366 g/mol. The van der Waals surface area contributed by atoms with Crippen molar-refractivity contribution >= 4 is 27.5 Å². The highest BCUT2D eigenvalue weighted by Gasteiger charge is 2.51. The van der Waals surface area contributed by atoms with Crippen molar-refractivity contribution in [3.8, 4) is 5.75 Å². The Bertz CT molecular complexity index is 596. The molecule has 2 rings (SSSR count). The van der Waals surface area contributed by atoms with Crippen molar-refractivity contribution in [2.24, 2.45) is 5.92 Å². The van der Waals surface area contributed by atoms with E-state index in [1.807, 2.05) is 19.1 Å². The van der Waals surface area contributed by atoms with Gasteiger partial charge in [-0.25, -0.2) is 0 Å². The molecule has 118 valence electrons. The number of nitrogens with zero attached hydrogens (tertiary/aromatic N) is 1. The topological polar surface area (TPSA) is 49.8 Å². The molecular weight excluding hydrogens is 346 g/mol. The summed E-state index contributed by atoms with van der Waals surface area (Å²) in [6.07, 6.45) is -0.317. The summed E-state index contributed by atoms with van der Waals surface area (Å²) >= 11 is 3.27. The van der Waals surface area contributed by atoms with Gasteiger partial charge in [0.15, 0.2) is 0 Å². The summed E-state index contributed by atoms with van der Waals surface area (Å²) in [4.78, 5) is 14.1. The third-order valence-electron chi connectivity index (χ3n) is 3.85. The fourth-order valence-electron chi connectivity index (χ4n) is 2.80. The Balaban J connectivity index is 2.29. The molecule has 1 N–H and O–H groups in total. The number of benzene rings is 1. The number of anilines is 1. The average Bonchev–Trinajstić information content (AvgIpc) is 2.44. The summed E-state index contributed by atoms with van der Waals surface area (Å²) in [6, 6.07) is 6.89. The largest absolute Gasteiger partial charge is 0.497 e. The molecule has 5 heteroatoms. The molecule has 0 saturated carbocycles. The first kappa shape index (κ1) is 16.8. The molecule has 1 saturated heterocycles. The molecule has 1 amide bonds. The van der Waals surface area contributed by atoms with Gasteiger partial charge in [0.25, 0.3) is 0 Å². The molecule has 1 aliphatic rings. The van der Waals surface area contributed by atoms with Crippen LogP contribution >= 0.6 is 15.9 Å². The zero-order valence-corrected chi connectivity index (χ0v) is 14.3. The molecule has 0 unspecified atom stereocenters. The number of halogens is 1. The Hall–Kier alpha value is -1.59. The van der Waals surface area contributed by atoms with Crippen LogP contribution in [0.5, 0.6) is 5.75 Å². The minimum atomic E-state index is -0.701. The number of hydrogen-bond donors (Lipinski definition) is 1. The predicted octanol–water partition coefficient (Wildman–Crippen LogP) is 3.26. The van der Waals surface area contributed by atoms with Crippen LogP contribution in [0.2, 0.25) is 0 Å². The second-order valence-electron chi connectivity index (χ2n) is 5.51. The Morgan fingerprint density at radius 3 is 2.45 bits per heavy atom. The lowest BCUT2D eigenvalue weighted by atomic mass is 9.78. The maximum Gasteiger partial charge on any atom is 0.236 e. The van der Waals surface area contributed by atoms with Gasteiger partial charge in [0.1, 0.15) is 5.75 Å². The Morgan fingerprint density at radius 1 is 1.41 bits per heavy atom. The summed E-state index contributed by atoms with van der Waals surface area (Å²) in [5.74, 6) is 0.324. The lowest BCUT2D eigenvalue weighted by Crippen LogP contribution is -2.66. The molecule has 3 atom stereocenters. The lowest BCUT2D eigenvalue weighted by Gasteiger charge is -2.49. The Kier molecular flexibility index (Phi) is 5.08. The van der Waals surface area contributed by atoms with Crippen molar-refractivity contribution in [2.75, 3.05) is 12.0 Å². The fraction of sp³-hybridized carbons (Fsp3) is 0.353. The first-order chi connectivity index (χ1) is 10.4. The number of aliphatic hydroxyl groups is 1. The second-order valence-corrected chi connectivity index (χ2v) is 6.63. The maximum absolute atomic E-state index is 12.4. The molecule has 1 aromatic carbocycles. The minimum absolute atomic E-state index is 0.0399. The first-order valence-corrected chi connectivity index (χ1v) is 7.80. The number of carbonyl (C=O) groups is 1. The van der Waals surface area contributed by atoms with Crippen molar-refractivity contribution in [2.45, 2.75) is 25.5 Å². The standard InChI is InChI=1S/C17H20BrNO3/c1-10(2)15-16(14(20)9-11(3)18)19(17(15)21)12-5-7-13(22-4)8-6-12/h5-8,14-16,20H,1,3,9H2,2,4H3/t14-,15-,16+/m0/s1. The van der Waals surface area contributed by atoms with Gasteiger partial charge < -0.3 is 14.7 Å². The predicted molar refractivity (Wildman–Crippen MR) is 91.3 cm³/mol. The number of β-lactam (4-membered cyclic amide) rings is 1. The van der Waals surface area contributed by atoms with Crippen LogP contribution in [0.25, 0.3) is 0 Å². The maximum atomic E-state index is 12.4. The van der Waals surface area contributed by atoms with Crippen molar-refractivity contribution in [3.63, 3.8) is 0 Å². The zero-order chi connectivity index (χ0) is 16.4. The van der Waals surface area contributed by atoms with Crippen LogP contribution in [0.4, 0.5) is 5.69 Å². The van der Waals surface area contributed by atoms with Gasteiger partial charge in [-0.2, -0.15) is 0 Å². The van der Waals surface area contributed by atoms with Crippen LogP contribution in [0.1, 0.15) is 13.3 Å². The van der Waals surface area contributed by atoms with Gasteiger partial charge in [-0.3, -0.25) is 4.79 Å². The third-order valence-corrected chi connectivity index (χ3v) is 4.17. The van der Waals surface area contributed by atoms with Crippen LogP contribution in [0.3, 0.4) is 0 Å². The number of methoxy groups -OCH3 is 1. The number of hydrogen-bond acceptors (Lipinski definition) is 3. The van der Waals surface area contributed by atoms with Crippen molar-refractivity contribution in [1.29, 1.82) is 0 Å². The number of rotatable bonds is 6. The normalized spacial score (nSPS) is 22.0. The van der Waals surface area contributed by atoms with Gasteiger partial charge in [-0.05, 0) is 35.7 Å². The molecule has 0 aromatic heterocycles. The van der Waals surface area contributed by atoms with E-state index in [0.29, 0.717) is 10.9 Å². The van der Waals surface area contributed by atoms with E-state index in [1.54, 1.807) is 24.1 Å². The van der Waals surface area contributed by atoms with E-state index in [1.165, 1.54) is 0 Å². The number of ether oxygens (including phenoxy) is 1. The molecule has 4 nitrogen and oxygen atoms in total. The van der Waals surface area contributed by atoms with E-state index in [2.05, 4.69) is 29.1 Å². The molecule has 0 aliphatic carbocycles. The van der Waals surface area contributed by atoms with Crippen LogP contribution in [0.15, 0.2) is 47.5 Å². The fourth-order valence-corrected chi connectivity index (χ4v) is 3.13. The van der Waals surface area contributed by atoms with Gasteiger partial charge in [0.05, 0.1) is 25.2 Å². The van der Waals surface area contributed by atoms with E-state index < -0.39 is 6.10 Å². The van der Waals surface area contributed by atoms with Crippen LogP contribution in [-0.4, -0.2) is 30.3 Å². The van der Waals surface area contributed by atoms with Crippen LogP contribution in [-0.2, 0) is 4.79 Å². The molecule has 0 bridgehead atoms. The highest BCUT2D eigenvalue weighted by atomic mass is 79.9. The van der Waals surface area contributed by atoms with E-state index in [9.17, 15) is 9.90 Å². The Morgan fingerprint density at radius 2 is 2.00 bits per heavy atom. The number of carbonyl (C=O) groups excluding carboxylic acids is 1. The smallest absolute Gasteiger partial charge is 0.236 e. The molecule has 1 aliphatic heterocycles. The summed E-state index contributed by atoms with van der Waals surface area (Å²) in [6.45, 7) is 9.46. The van der Waals surface area contributed by atoms with Gasteiger partial charge in [-0.1, -0.05) is 34.7 Å². The third kappa shape index (κ3) is 3.10. The van der Waals surface area contributed by atoms with E-state index in [4.69, 9.17) is 4.74 Å². The number of amides is 1. The Labute approximate surface area is 139 Å². The highest BCUT2D eigenvalue weighted by molar-refractivity contribution is 9.11. The number of aliphatic hydroxyl groups excluding tert-OH is 1. The van der Waals surface area contributed by atoms with Crippen molar-refractivity contribution in [1.82, 2.24) is 0 Å². The van der Waals surface area contributed by atoms with Gasteiger partial charge in [0, 0.05) is 12.1 Å². The van der Waals surface area contributed by atoms with E-state index >= 15 is 0 Å². The van der Waals surface area contributed by atoms with Crippen molar-refractivity contribution in [3.05, 3.63) is 47.5 Å². The minimum Gasteiger partial charge on any atom is -0.497 e. The summed E-state index contributed by atoms with van der Waals surface area (Å²) < 4.78 is 5.83. The van der Waals surface area contributed by atoms with Gasteiger partial charge in [-0.15, -0.1) is 0 Å². The van der Waals surface area contributed by atoms with E-state index in [0.717, 1.165) is 17.0 Å². The lowest BCUT2D eigenvalue weighted by molar-refractivity contribution is -0.131. The van der Waals surface area contributed by atoms with E-state index in [-0.39, 0.29) is 17.9 Å². The summed E-state index contributed by atoms with van der Waals surface area (Å²) in [7, 11) is 1.59. The van der Waals surface area contributed by atoms with Crippen LogP contribution < -0.4 is 9.64 Å². The molecule has 22 heavy (non-hydrogen) atoms. The molecular formula is C17H20BrNO3. The molecule has 1 aromatic rings. The zero-order valence-electron chi connectivity index (χ0n) is 12.8. The second kappa shape index (κ2) is 6.67. The molecule has 1 fully saturated rings. The summed E-state index contributed by atoms with van der Waals surface area (Å²) in [5.41, 5.74) is 1.51. The van der Waals surface area contributed by atoms with Gasteiger partial charge >= 0.3 is 0 Å². The summed E-state index contributed by atoms with van der Waals surface area (Å²) in [5, 5.41) is 10.5. The molecule has 0 radical (unpaired) electrons. The SMILES string of the molecule is C=C(Br)C[C@H](O)[C@@H]1[C@H](C(=C)C)C(=O)N1c1ccc(OC)cc1. The molecule has 1 heterocycles. The quantitative estimate of drug-likeness (QED) is 0.621.